The average Bonchev–Trinajstić information content (AvgIpc) is 2.18. The van der Waals surface area contributed by atoms with Crippen LogP contribution in [-0.4, -0.2) is 19.0 Å². The fourth-order valence-corrected chi connectivity index (χ4v) is 1.98. The molecule has 0 amide bonds. The third-order valence-electron chi connectivity index (χ3n) is 3.23. The summed E-state index contributed by atoms with van der Waals surface area (Å²) >= 11 is 0. The molecule has 0 saturated heterocycles. The molecule has 76 valence electrons. The van der Waals surface area contributed by atoms with E-state index < -0.39 is 0 Å². The van der Waals surface area contributed by atoms with Gasteiger partial charge in [-0.15, -0.1) is 0 Å². The largest absolute Gasteiger partial charge is 0.381 e. The molecule has 0 heterocycles. The van der Waals surface area contributed by atoms with Gasteiger partial charge >= 0.3 is 0 Å². The van der Waals surface area contributed by atoms with Crippen molar-refractivity contribution < 1.29 is 9.53 Å². The van der Waals surface area contributed by atoms with Crippen LogP contribution in [0, 0.1) is 5.41 Å². The van der Waals surface area contributed by atoms with Crippen LogP contribution in [0.1, 0.15) is 46.0 Å². The summed E-state index contributed by atoms with van der Waals surface area (Å²) in [6.07, 6.45) is 4.73. The summed E-state index contributed by atoms with van der Waals surface area (Å²) in [4.78, 5) is 11.1. The van der Waals surface area contributed by atoms with Gasteiger partial charge in [-0.3, -0.25) is 4.79 Å². The second-order valence-electron chi connectivity index (χ2n) is 4.03. The van der Waals surface area contributed by atoms with Crippen molar-refractivity contribution in [3.05, 3.63) is 0 Å². The summed E-state index contributed by atoms with van der Waals surface area (Å²) in [6.45, 7) is 5.86. The zero-order valence-electron chi connectivity index (χ0n) is 8.77. The van der Waals surface area contributed by atoms with E-state index in [-0.39, 0.29) is 0 Å². The van der Waals surface area contributed by atoms with Gasteiger partial charge in [0.25, 0.3) is 0 Å². The predicted molar refractivity (Wildman–Crippen MR) is 52.7 cm³/mol. The number of hydrogen-bond acceptors (Lipinski definition) is 2. The molecule has 0 atom stereocenters. The number of hydrogen-bond donors (Lipinski definition) is 0. The maximum Gasteiger partial charge on any atom is 0.132 e. The Hall–Kier alpha value is -0.370. The smallest absolute Gasteiger partial charge is 0.132 e. The van der Waals surface area contributed by atoms with Gasteiger partial charge in [0.1, 0.15) is 5.78 Å². The van der Waals surface area contributed by atoms with Gasteiger partial charge in [-0.2, -0.15) is 0 Å². The van der Waals surface area contributed by atoms with Gasteiger partial charge in [-0.05, 0) is 31.6 Å². The highest BCUT2D eigenvalue weighted by atomic mass is 16.5. The Kier molecular flexibility index (Phi) is 3.91. The van der Waals surface area contributed by atoms with Crippen LogP contribution < -0.4 is 0 Å². The van der Waals surface area contributed by atoms with Crippen LogP contribution in [0.2, 0.25) is 0 Å². The predicted octanol–water partition coefficient (Wildman–Crippen LogP) is 2.56. The molecule has 0 aromatic heterocycles. The molecule has 2 nitrogen and oxygen atoms in total. The Morgan fingerprint density at radius 1 is 1.31 bits per heavy atom. The van der Waals surface area contributed by atoms with Crippen LogP contribution >= 0.6 is 0 Å². The van der Waals surface area contributed by atoms with Gasteiger partial charge in [0, 0.05) is 19.4 Å². The van der Waals surface area contributed by atoms with Gasteiger partial charge in [-0.1, -0.05) is 6.92 Å². The minimum absolute atomic E-state index is 0.309. The first kappa shape index (κ1) is 10.7. The molecule has 0 N–H and O–H groups in total. The van der Waals surface area contributed by atoms with Crippen LogP contribution in [0.15, 0.2) is 0 Å². The first-order chi connectivity index (χ1) is 6.22. The molecule has 0 bridgehead atoms. The Morgan fingerprint density at radius 3 is 2.38 bits per heavy atom. The first-order valence-electron chi connectivity index (χ1n) is 5.32. The molecule has 13 heavy (non-hydrogen) atoms. The van der Waals surface area contributed by atoms with Crippen molar-refractivity contribution in [2.24, 2.45) is 5.41 Å². The molecule has 1 aliphatic rings. The monoisotopic (exact) mass is 184 g/mol. The van der Waals surface area contributed by atoms with Crippen molar-refractivity contribution in [3.63, 3.8) is 0 Å². The van der Waals surface area contributed by atoms with Gasteiger partial charge < -0.3 is 4.74 Å². The lowest BCUT2D eigenvalue weighted by atomic mass is 9.72. The van der Waals surface area contributed by atoms with E-state index in [1.165, 1.54) is 0 Å². The van der Waals surface area contributed by atoms with Gasteiger partial charge in [0.05, 0.1) is 6.61 Å². The summed E-state index contributed by atoms with van der Waals surface area (Å²) in [5.74, 6) is 0.431. The third-order valence-corrected chi connectivity index (χ3v) is 3.23. The van der Waals surface area contributed by atoms with Gasteiger partial charge in [-0.25, -0.2) is 0 Å². The first-order valence-corrected chi connectivity index (χ1v) is 5.32. The topological polar surface area (TPSA) is 26.3 Å². The van der Waals surface area contributed by atoms with Crippen molar-refractivity contribution in [1.82, 2.24) is 0 Å². The molecular formula is C11H20O2. The molecule has 0 radical (unpaired) electrons. The number of ether oxygens (including phenoxy) is 1. The van der Waals surface area contributed by atoms with E-state index in [1.807, 2.05) is 6.92 Å². The molecule has 1 fully saturated rings. The number of rotatable bonds is 4. The van der Waals surface area contributed by atoms with E-state index >= 15 is 0 Å². The quantitative estimate of drug-likeness (QED) is 0.671. The Morgan fingerprint density at radius 2 is 1.92 bits per heavy atom. The third kappa shape index (κ3) is 2.80. The second kappa shape index (κ2) is 4.75. The Balaban J connectivity index is 2.44. The highest BCUT2D eigenvalue weighted by Gasteiger charge is 2.32. The molecule has 1 rings (SSSR count). The molecule has 0 aromatic carbocycles. The van der Waals surface area contributed by atoms with E-state index in [1.54, 1.807) is 0 Å². The minimum Gasteiger partial charge on any atom is -0.381 e. The molecule has 2 heteroatoms. The minimum atomic E-state index is 0.309. The second-order valence-corrected chi connectivity index (χ2v) is 4.03. The Labute approximate surface area is 80.7 Å². The van der Waals surface area contributed by atoms with Crippen LogP contribution in [0.3, 0.4) is 0 Å². The fraction of sp³-hybridized carbons (Fsp3) is 0.909. The maximum absolute atomic E-state index is 11.1. The van der Waals surface area contributed by atoms with Crippen molar-refractivity contribution in [3.8, 4) is 0 Å². The van der Waals surface area contributed by atoms with Crippen LogP contribution in [0.4, 0.5) is 0 Å². The van der Waals surface area contributed by atoms with E-state index in [4.69, 9.17) is 4.74 Å². The van der Waals surface area contributed by atoms with Crippen molar-refractivity contribution >= 4 is 5.78 Å². The summed E-state index contributed by atoms with van der Waals surface area (Å²) < 4.78 is 5.49. The van der Waals surface area contributed by atoms with E-state index in [9.17, 15) is 4.79 Å². The number of carbonyl (C=O) groups excluding carboxylic acids is 1. The summed E-state index contributed by atoms with van der Waals surface area (Å²) in [6, 6.07) is 0. The van der Waals surface area contributed by atoms with Crippen LogP contribution in [0.5, 0.6) is 0 Å². The normalized spacial score (nSPS) is 21.8. The highest BCUT2D eigenvalue weighted by molar-refractivity contribution is 5.79. The van der Waals surface area contributed by atoms with Crippen molar-refractivity contribution in [1.29, 1.82) is 0 Å². The van der Waals surface area contributed by atoms with E-state index in [0.29, 0.717) is 11.2 Å². The maximum atomic E-state index is 11.1. The number of ketones is 1. The zero-order valence-corrected chi connectivity index (χ0v) is 8.77. The fourth-order valence-electron chi connectivity index (χ4n) is 1.98. The van der Waals surface area contributed by atoms with Crippen molar-refractivity contribution in [2.75, 3.05) is 13.2 Å². The van der Waals surface area contributed by atoms with E-state index in [2.05, 4.69) is 6.92 Å². The molecule has 0 aromatic rings. The molecule has 0 spiro atoms. The summed E-state index contributed by atoms with van der Waals surface area (Å²) in [5, 5.41) is 0. The zero-order chi connectivity index (χ0) is 9.73. The molecule has 1 saturated carbocycles. The standard InChI is InChI=1S/C11H20O2/c1-3-11(9-13-4-2)7-5-10(12)6-8-11/h3-9H2,1-2H3. The lowest BCUT2D eigenvalue weighted by molar-refractivity contribution is -0.123. The SMILES string of the molecule is CCOCC1(CC)CCC(=O)CC1. The molecular weight excluding hydrogens is 164 g/mol. The summed E-state index contributed by atoms with van der Waals surface area (Å²) in [5.41, 5.74) is 0.309. The number of Topliss-reactive ketones (excluding diaryl/α,β-unsaturated/α-hetero) is 1. The van der Waals surface area contributed by atoms with Gasteiger partial charge in [0.15, 0.2) is 0 Å². The Bertz CT molecular complexity index is 165. The van der Waals surface area contributed by atoms with Crippen LogP contribution in [0.25, 0.3) is 0 Å². The molecule has 0 unspecified atom stereocenters. The van der Waals surface area contributed by atoms with Crippen LogP contribution in [-0.2, 0) is 9.53 Å². The number of carbonyl (C=O) groups is 1. The highest BCUT2D eigenvalue weighted by Crippen LogP contribution is 2.37. The lowest BCUT2D eigenvalue weighted by Gasteiger charge is -2.35. The molecule has 1 aliphatic carbocycles. The lowest BCUT2D eigenvalue weighted by Crippen LogP contribution is -2.31. The van der Waals surface area contributed by atoms with Crippen molar-refractivity contribution in [2.45, 2.75) is 46.0 Å². The molecule has 0 aliphatic heterocycles. The van der Waals surface area contributed by atoms with E-state index in [0.717, 1.165) is 45.3 Å². The summed E-state index contributed by atoms with van der Waals surface area (Å²) in [7, 11) is 0. The average molecular weight is 184 g/mol. The van der Waals surface area contributed by atoms with Gasteiger partial charge in [0.2, 0.25) is 0 Å².